The second-order valence-electron chi connectivity index (χ2n) is 8.38. The molecule has 3 amide bonds. The van der Waals surface area contributed by atoms with Crippen LogP contribution in [-0.4, -0.2) is 79.2 Å². The summed E-state index contributed by atoms with van der Waals surface area (Å²) in [6.45, 7) is 2.49. The number of amides is 3. The number of nitrogens with two attached hydrogens (primary N) is 1. The fraction of sp³-hybridized carbons (Fsp3) is 0.708. The van der Waals surface area contributed by atoms with Crippen molar-refractivity contribution in [3.8, 4) is 0 Å². The van der Waals surface area contributed by atoms with Crippen molar-refractivity contribution >= 4 is 48.5 Å². The van der Waals surface area contributed by atoms with E-state index in [4.69, 9.17) is 15.2 Å². The molecule has 14 heteroatoms. The zero-order valence-electron chi connectivity index (χ0n) is 22.1. The van der Waals surface area contributed by atoms with Crippen LogP contribution in [0.2, 0.25) is 0 Å². The summed E-state index contributed by atoms with van der Waals surface area (Å²) in [4.78, 5) is 54.5. The molecule has 6 N–H and O–H groups in total. The van der Waals surface area contributed by atoms with Gasteiger partial charge in [0.15, 0.2) is 0 Å². The quantitative estimate of drug-likeness (QED) is 0.106. The second-order valence-corrected chi connectivity index (χ2v) is 8.38. The van der Waals surface area contributed by atoms with Gasteiger partial charge in [-0.3, -0.25) is 19.2 Å². The molecule has 0 aliphatic rings. The van der Waals surface area contributed by atoms with Crippen LogP contribution in [0.15, 0.2) is 12.5 Å². The smallest absolute Gasteiger partial charge is 0.305 e. The van der Waals surface area contributed by atoms with Crippen LogP contribution in [0.4, 0.5) is 0 Å². The molecular formula is C24H44Cl2N6O6. The number of unbranched alkanes of at least 4 members (excludes halogenated alkanes) is 6. The predicted molar refractivity (Wildman–Crippen MR) is 148 cm³/mol. The summed E-state index contributed by atoms with van der Waals surface area (Å²) < 4.78 is 10.6. The van der Waals surface area contributed by atoms with Gasteiger partial charge < -0.3 is 36.1 Å². The molecule has 0 aliphatic carbocycles. The van der Waals surface area contributed by atoms with Crippen LogP contribution < -0.4 is 21.7 Å². The average Bonchev–Trinajstić information content (AvgIpc) is 3.38. The third kappa shape index (κ3) is 19.7. The Balaban J connectivity index is 0. The van der Waals surface area contributed by atoms with Crippen molar-refractivity contribution in [2.24, 2.45) is 5.73 Å². The molecule has 0 spiro atoms. The Morgan fingerprint density at radius 2 is 1.68 bits per heavy atom. The summed E-state index contributed by atoms with van der Waals surface area (Å²) in [5.74, 6) is -1.63. The van der Waals surface area contributed by atoms with Gasteiger partial charge in [-0.05, 0) is 6.42 Å². The average molecular weight is 584 g/mol. The molecule has 38 heavy (non-hydrogen) atoms. The number of ether oxygens (including phenoxy) is 2. The highest BCUT2D eigenvalue weighted by Gasteiger charge is 2.21. The zero-order chi connectivity index (χ0) is 26.4. The van der Waals surface area contributed by atoms with Gasteiger partial charge in [0.2, 0.25) is 17.7 Å². The van der Waals surface area contributed by atoms with E-state index in [2.05, 4.69) is 32.8 Å². The van der Waals surface area contributed by atoms with Crippen molar-refractivity contribution in [1.29, 1.82) is 0 Å². The Bertz CT molecular complexity index is 770. The second kappa shape index (κ2) is 24.9. The van der Waals surface area contributed by atoms with Gasteiger partial charge in [0.05, 0.1) is 32.6 Å². The topological polar surface area (TPSA) is 178 Å². The Morgan fingerprint density at radius 1 is 0.974 bits per heavy atom. The number of H-pyrrole nitrogens is 1. The minimum atomic E-state index is -0.875. The number of esters is 1. The molecule has 0 aromatic carbocycles. The van der Waals surface area contributed by atoms with Gasteiger partial charge in [0.1, 0.15) is 12.6 Å². The number of rotatable bonds is 21. The molecule has 0 saturated carbocycles. The molecule has 0 radical (unpaired) electrons. The molecule has 1 aromatic heterocycles. The number of aromatic nitrogens is 2. The third-order valence-corrected chi connectivity index (χ3v) is 5.28. The Hall–Kier alpha value is -2.41. The maximum Gasteiger partial charge on any atom is 0.305 e. The first-order valence-corrected chi connectivity index (χ1v) is 12.7. The van der Waals surface area contributed by atoms with E-state index in [1.807, 2.05) is 0 Å². The van der Waals surface area contributed by atoms with Crippen LogP contribution in [0.25, 0.3) is 0 Å². The van der Waals surface area contributed by atoms with Crippen molar-refractivity contribution < 1.29 is 28.7 Å². The van der Waals surface area contributed by atoms with Crippen LogP contribution in [0.3, 0.4) is 0 Å². The lowest BCUT2D eigenvalue weighted by atomic mass is 10.1. The van der Waals surface area contributed by atoms with E-state index in [0.717, 1.165) is 19.3 Å². The number of carbonyl (C=O) groups excluding carboxylic acids is 4. The number of carbonyl (C=O) groups is 4. The van der Waals surface area contributed by atoms with Crippen molar-refractivity contribution in [3.05, 3.63) is 18.2 Å². The van der Waals surface area contributed by atoms with Crippen molar-refractivity contribution in [3.63, 3.8) is 0 Å². The summed E-state index contributed by atoms with van der Waals surface area (Å²) in [6.07, 6.45) is 11.6. The lowest BCUT2D eigenvalue weighted by Gasteiger charge is -2.18. The van der Waals surface area contributed by atoms with Gasteiger partial charge >= 0.3 is 5.97 Å². The molecule has 220 valence electrons. The first kappa shape index (κ1) is 37.7. The van der Waals surface area contributed by atoms with Crippen LogP contribution >= 0.6 is 24.8 Å². The summed E-state index contributed by atoms with van der Waals surface area (Å²) >= 11 is 0. The molecule has 0 unspecified atom stereocenters. The molecule has 1 atom stereocenters. The molecule has 1 heterocycles. The van der Waals surface area contributed by atoms with Crippen LogP contribution in [0.1, 0.15) is 64.0 Å². The number of hydrogen-bond donors (Lipinski definition) is 5. The molecule has 0 aliphatic heterocycles. The van der Waals surface area contributed by atoms with E-state index in [1.165, 1.54) is 32.0 Å². The maximum atomic E-state index is 12.6. The van der Waals surface area contributed by atoms with Crippen LogP contribution in [-0.2, 0) is 35.1 Å². The number of imidazole rings is 1. The number of aromatic amines is 1. The molecule has 0 saturated heterocycles. The SMILES string of the molecule is CCCCCCCCCC(=O)OCCOCCNC(=O)[C@H](Cc1cnc[nH]1)NC(=O)CNC(=O)CN.Cl.Cl. The van der Waals surface area contributed by atoms with Crippen molar-refractivity contribution in [1.82, 2.24) is 25.9 Å². The number of hydrogen-bond acceptors (Lipinski definition) is 8. The van der Waals surface area contributed by atoms with E-state index >= 15 is 0 Å². The number of halogens is 2. The van der Waals surface area contributed by atoms with Gasteiger partial charge in [-0.1, -0.05) is 45.4 Å². The van der Waals surface area contributed by atoms with Crippen molar-refractivity contribution in [2.45, 2.75) is 70.8 Å². The van der Waals surface area contributed by atoms with Gasteiger partial charge in [-0.2, -0.15) is 0 Å². The Morgan fingerprint density at radius 3 is 2.34 bits per heavy atom. The Labute approximate surface area is 237 Å². The van der Waals surface area contributed by atoms with Gasteiger partial charge in [0, 0.05) is 31.3 Å². The van der Waals surface area contributed by atoms with Gasteiger partial charge in [-0.25, -0.2) is 4.98 Å². The van der Waals surface area contributed by atoms with E-state index in [0.29, 0.717) is 12.1 Å². The fourth-order valence-corrected chi connectivity index (χ4v) is 3.31. The predicted octanol–water partition coefficient (Wildman–Crippen LogP) is 1.17. The lowest BCUT2D eigenvalue weighted by molar-refractivity contribution is -0.145. The molecule has 0 fully saturated rings. The van der Waals surface area contributed by atoms with E-state index in [1.54, 1.807) is 6.20 Å². The minimum Gasteiger partial charge on any atom is -0.463 e. The van der Waals surface area contributed by atoms with E-state index in [-0.39, 0.29) is 76.7 Å². The number of nitrogens with one attached hydrogen (secondary N) is 4. The molecular weight excluding hydrogens is 539 g/mol. The molecule has 12 nitrogen and oxygen atoms in total. The largest absolute Gasteiger partial charge is 0.463 e. The van der Waals surface area contributed by atoms with E-state index < -0.39 is 23.8 Å². The molecule has 0 bridgehead atoms. The highest BCUT2D eigenvalue weighted by atomic mass is 35.5. The van der Waals surface area contributed by atoms with Crippen molar-refractivity contribution in [2.75, 3.05) is 39.5 Å². The molecule has 1 rings (SSSR count). The first-order valence-electron chi connectivity index (χ1n) is 12.7. The van der Waals surface area contributed by atoms with E-state index in [9.17, 15) is 19.2 Å². The lowest BCUT2D eigenvalue weighted by Crippen LogP contribution is -2.51. The fourth-order valence-electron chi connectivity index (χ4n) is 3.31. The first-order chi connectivity index (χ1) is 17.5. The Kier molecular flexibility index (Phi) is 24.7. The highest BCUT2D eigenvalue weighted by Crippen LogP contribution is 2.08. The van der Waals surface area contributed by atoms with Gasteiger partial charge in [-0.15, -0.1) is 24.8 Å². The normalized spacial score (nSPS) is 10.9. The highest BCUT2D eigenvalue weighted by molar-refractivity contribution is 5.90. The van der Waals surface area contributed by atoms with Crippen LogP contribution in [0.5, 0.6) is 0 Å². The maximum absolute atomic E-state index is 12.6. The molecule has 1 aromatic rings. The monoisotopic (exact) mass is 582 g/mol. The summed E-state index contributed by atoms with van der Waals surface area (Å²) in [6, 6.07) is -0.875. The minimum absolute atomic E-state index is 0. The third-order valence-electron chi connectivity index (χ3n) is 5.28. The van der Waals surface area contributed by atoms with Crippen LogP contribution in [0, 0.1) is 0 Å². The standard InChI is InChI=1S/C24H42N6O6.2ClH/c1-2-3-4-5-6-7-8-9-23(33)36-13-12-35-11-10-27-24(34)20(14-19-16-26-18-29-19)30-22(32)17-28-21(31)15-25;;/h16,18,20H,2-15,17,25H2,1H3,(H,26,29)(H,27,34)(H,28,31)(H,30,32);2*1H/t20-;;/m0../s1. The summed E-state index contributed by atoms with van der Waals surface area (Å²) in [7, 11) is 0. The summed E-state index contributed by atoms with van der Waals surface area (Å²) in [5, 5.41) is 7.64. The number of nitrogens with zero attached hydrogens (tertiary/aromatic N) is 1. The zero-order valence-corrected chi connectivity index (χ0v) is 23.8. The summed E-state index contributed by atoms with van der Waals surface area (Å²) in [5.41, 5.74) is 5.86. The van der Waals surface area contributed by atoms with Gasteiger partial charge in [0.25, 0.3) is 0 Å².